The SMILES string of the molecule is COCCONC(=O)/C=C/c1nc2ccccc2o1. The number of benzene rings is 1. The third-order valence-electron chi connectivity index (χ3n) is 2.25. The Morgan fingerprint density at radius 2 is 2.26 bits per heavy atom. The summed E-state index contributed by atoms with van der Waals surface area (Å²) in [5, 5.41) is 0. The molecule has 0 saturated carbocycles. The minimum absolute atomic E-state index is 0.291. The molecule has 0 aliphatic rings. The second-order valence-corrected chi connectivity index (χ2v) is 3.66. The van der Waals surface area contributed by atoms with Gasteiger partial charge in [-0.05, 0) is 12.1 Å². The maximum atomic E-state index is 11.4. The fourth-order valence-corrected chi connectivity index (χ4v) is 1.39. The molecular weight excluding hydrogens is 248 g/mol. The summed E-state index contributed by atoms with van der Waals surface area (Å²) in [6.07, 6.45) is 2.77. The number of carbonyl (C=O) groups is 1. The van der Waals surface area contributed by atoms with Gasteiger partial charge in [-0.1, -0.05) is 12.1 Å². The molecule has 0 saturated heterocycles. The maximum absolute atomic E-state index is 11.4. The standard InChI is InChI=1S/C13H14N2O4/c1-17-8-9-18-15-12(16)6-7-13-14-10-4-2-3-5-11(10)19-13/h2-7H,8-9H2,1H3,(H,15,16)/b7-6+. The molecule has 1 amide bonds. The first-order chi connectivity index (χ1) is 9.29. The number of aromatic nitrogens is 1. The van der Waals surface area contributed by atoms with Crippen molar-refractivity contribution >= 4 is 23.1 Å². The van der Waals surface area contributed by atoms with Gasteiger partial charge in [0, 0.05) is 19.3 Å². The number of nitrogens with zero attached hydrogens (tertiary/aromatic N) is 1. The van der Waals surface area contributed by atoms with Gasteiger partial charge in [-0.2, -0.15) is 0 Å². The van der Waals surface area contributed by atoms with Gasteiger partial charge in [-0.3, -0.25) is 9.63 Å². The van der Waals surface area contributed by atoms with Gasteiger partial charge in [-0.25, -0.2) is 10.5 Å². The van der Waals surface area contributed by atoms with E-state index in [-0.39, 0.29) is 0 Å². The molecule has 0 fully saturated rings. The van der Waals surface area contributed by atoms with Crippen LogP contribution in [0.2, 0.25) is 0 Å². The van der Waals surface area contributed by atoms with Crippen LogP contribution in [-0.4, -0.2) is 31.2 Å². The summed E-state index contributed by atoms with van der Waals surface area (Å²) in [5.41, 5.74) is 3.67. The van der Waals surface area contributed by atoms with Crippen LogP contribution in [0.5, 0.6) is 0 Å². The number of carbonyl (C=O) groups excluding carboxylic acids is 1. The number of rotatable bonds is 6. The molecule has 0 aliphatic carbocycles. The number of nitrogens with one attached hydrogen (secondary N) is 1. The van der Waals surface area contributed by atoms with E-state index in [4.69, 9.17) is 14.0 Å². The lowest BCUT2D eigenvalue weighted by Gasteiger charge is -2.01. The molecule has 6 nitrogen and oxygen atoms in total. The van der Waals surface area contributed by atoms with Gasteiger partial charge in [0.05, 0.1) is 13.2 Å². The number of hydrogen-bond acceptors (Lipinski definition) is 5. The number of hydroxylamine groups is 1. The van der Waals surface area contributed by atoms with Crippen molar-refractivity contribution in [3.05, 3.63) is 36.2 Å². The maximum Gasteiger partial charge on any atom is 0.267 e. The Morgan fingerprint density at radius 3 is 3.05 bits per heavy atom. The van der Waals surface area contributed by atoms with Crippen molar-refractivity contribution in [3.63, 3.8) is 0 Å². The first-order valence-corrected chi connectivity index (χ1v) is 5.74. The van der Waals surface area contributed by atoms with Gasteiger partial charge in [-0.15, -0.1) is 0 Å². The van der Waals surface area contributed by atoms with Gasteiger partial charge in [0.1, 0.15) is 5.52 Å². The molecule has 0 unspecified atom stereocenters. The molecule has 6 heteroatoms. The highest BCUT2D eigenvalue weighted by Crippen LogP contribution is 2.15. The van der Waals surface area contributed by atoms with Gasteiger partial charge in [0.15, 0.2) is 5.58 Å². The summed E-state index contributed by atoms with van der Waals surface area (Å²) < 4.78 is 10.2. The fraction of sp³-hybridized carbons (Fsp3) is 0.231. The van der Waals surface area contributed by atoms with Gasteiger partial charge in [0.25, 0.3) is 5.91 Å². The smallest absolute Gasteiger partial charge is 0.267 e. The van der Waals surface area contributed by atoms with Crippen LogP contribution in [0, 0.1) is 0 Å². The number of ether oxygens (including phenoxy) is 1. The van der Waals surface area contributed by atoms with E-state index in [1.54, 1.807) is 7.11 Å². The molecule has 1 aromatic carbocycles. The Kier molecular flexibility index (Phi) is 4.66. The second-order valence-electron chi connectivity index (χ2n) is 3.66. The normalized spacial score (nSPS) is 11.2. The lowest BCUT2D eigenvalue weighted by atomic mass is 10.3. The van der Waals surface area contributed by atoms with E-state index < -0.39 is 5.91 Å². The van der Waals surface area contributed by atoms with Crippen molar-refractivity contribution in [1.29, 1.82) is 0 Å². The highest BCUT2D eigenvalue weighted by molar-refractivity contribution is 5.90. The van der Waals surface area contributed by atoms with Crippen molar-refractivity contribution in [3.8, 4) is 0 Å². The highest BCUT2D eigenvalue weighted by atomic mass is 16.7. The zero-order valence-corrected chi connectivity index (χ0v) is 10.5. The summed E-state index contributed by atoms with van der Waals surface area (Å²) in [4.78, 5) is 20.4. The van der Waals surface area contributed by atoms with Crippen LogP contribution in [-0.2, 0) is 14.4 Å². The molecule has 2 rings (SSSR count). The Balaban J connectivity index is 1.89. The molecule has 1 aromatic heterocycles. The zero-order chi connectivity index (χ0) is 13.5. The highest BCUT2D eigenvalue weighted by Gasteiger charge is 2.02. The summed E-state index contributed by atoms with van der Waals surface area (Å²) in [7, 11) is 1.55. The Labute approximate surface area is 110 Å². The minimum Gasteiger partial charge on any atom is -0.437 e. The molecule has 19 heavy (non-hydrogen) atoms. The number of methoxy groups -OCH3 is 1. The molecule has 1 heterocycles. The molecule has 0 bridgehead atoms. The first kappa shape index (κ1) is 13.3. The predicted molar refractivity (Wildman–Crippen MR) is 69.0 cm³/mol. The summed E-state index contributed by atoms with van der Waals surface area (Å²) >= 11 is 0. The Bertz CT molecular complexity index is 544. The summed E-state index contributed by atoms with van der Waals surface area (Å²) in [5.74, 6) is -0.0217. The van der Waals surface area contributed by atoms with Crippen molar-refractivity contribution in [1.82, 2.24) is 10.5 Å². The summed E-state index contributed by atoms with van der Waals surface area (Å²) in [6, 6.07) is 7.38. The molecule has 1 N–H and O–H groups in total. The molecule has 2 aromatic rings. The third kappa shape index (κ3) is 3.90. The van der Waals surface area contributed by atoms with E-state index in [1.165, 1.54) is 12.2 Å². The number of para-hydroxylation sites is 2. The number of amides is 1. The molecule has 0 aliphatic heterocycles. The van der Waals surface area contributed by atoms with E-state index in [0.717, 1.165) is 5.52 Å². The Morgan fingerprint density at radius 1 is 1.42 bits per heavy atom. The lowest BCUT2D eigenvalue weighted by molar-refractivity contribution is -0.129. The van der Waals surface area contributed by atoms with Crippen molar-refractivity contribution in [2.24, 2.45) is 0 Å². The number of fused-ring (bicyclic) bond motifs is 1. The topological polar surface area (TPSA) is 73.6 Å². The number of oxazole rings is 1. The van der Waals surface area contributed by atoms with Crippen LogP contribution < -0.4 is 5.48 Å². The van der Waals surface area contributed by atoms with E-state index in [0.29, 0.717) is 24.7 Å². The van der Waals surface area contributed by atoms with E-state index in [2.05, 4.69) is 10.5 Å². The minimum atomic E-state index is -0.390. The molecule has 100 valence electrons. The molecule has 0 spiro atoms. The third-order valence-corrected chi connectivity index (χ3v) is 2.25. The van der Waals surface area contributed by atoms with Crippen molar-refractivity contribution in [2.45, 2.75) is 0 Å². The zero-order valence-electron chi connectivity index (χ0n) is 10.5. The van der Waals surface area contributed by atoms with Gasteiger partial charge < -0.3 is 9.15 Å². The largest absolute Gasteiger partial charge is 0.437 e. The van der Waals surface area contributed by atoms with E-state index in [1.807, 2.05) is 24.3 Å². The van der Waals surface area contributed by atoms with Crippen LogP contribution in [0.25, 0.3) is 17.2 Å². The fourth-order valence-electron chi connectivity index (χ4n) is 1.39. The van der Waals surface area contributed by atoms with Crippen LogP contribution in [0.3, 0.4) is 0 Å². The first-order valence-electron chi connectivity index (χ1n) is 5.74. The molecular formula is C13H14N2O4. The quantitative estimate of drug-likeness (QED) is 0.485. The van der Waals surface area contributed by atoms with Crippen molar-refractivity contribution in [2.75, 3.05) is 20.3 Å². The van der Waals surface area contributed by atoms with Crippen LogP contribution in [0.1, 0.15) is 5.89 Å². The van der Waals surface area contributed by atoms with Crippen molar-refractivity contribution < 1.29 is 18.8 Å². The van der Waals surface area contributed by atoms with Crippen LogP contribution in [0.4, 0.5) is 0 Å². The van der Waals surface area contributed by atoms with Crippen LogP contribution >= 0.6 is 0 Å². The monoisotopic (exact) mass is 262 g/mol. The number of hydrogen-bond donors (Lipinski definition) is 1. The van der Waals surface area contributed by atoms with Gasteiger partial charge >= 0.3 is 0 Å². The Hall–Kier alpha value is -2.18. The van der Waals surface area contributed by atoms with E-state index >= 15 is 0 Å². The summed E-state index contributed by atoms with van der Waals surface area (Å²) in [6.45, 7) is 0.702. The average Bonchev–Trinajstić information content (AvgIpc) is 2.84. The lowest BCUT2D eigenvalue weighted by Crippen LogP contribution is -2.23. The molecule has 0 atom stereocenters. The second kappa shape index (κ2) is 6.67. The van der Waals surface area contributed by atoms with Gasteiger partial charge in [0.2, 0.25) is 5.89 Å². The van der Waals surface area contributed by atoms with E-state index in [9.17, 15) is 4.79 Å². The van der Waals surface area contributed by atoms with Crippen LogP contribution in [0.15, 0.2) is 34.8 Å². The molecule has 0 radical (unpaired) electrons. The predicted octanol–water partition coefficient (Wildman–Crippen LogP) is 1.54. The average molecular weight is 262 g/mol.